The van der Waals surface area contributed by atoms with Gasteiger partial charge >= 0.3 is 0 Å². The lowest BCUT2D eigenvalue weighted by Crippen LogP contribution is -2.34. The summed E-state index contributed by atoms with van der Waals surface area (Å²) in [4.78, 5) is 44.3. The Bertz CT molecular complexity index is 975. The fourth-order valence-corrected chi connectivity index (χ4v) is 4.21. The van der Waals surface area contributed by atoms with E-state index in [0.29, 0.717) is 5.02 Å². The third-order valence-corrected chi connectivity index (χ3v) is 6.17. The fraction of sp³-hybridized carbons (Fsp3) is 0.417. The van der Waals surface area contributed by atoms with Crippen LogP contribution in [0.4, 0.5) is 0 Å². The summed E-state index contributed by atoms with van der Waals surface area (Å²) in [5, 5.41) is 0.565. The molecule has 1 aromatic heterocycles. The highest BCUT2D eigenvalue weighted by Gasteiger charge is 2.44. The van der Waals surface area contributed by atoms with Crippen LogP contribution in [0.5, 0.6) is 0 Å². The van der Waals surface area contributed by atoms with Crippen molar-refractivity contribution in [3.63, 3.8) is 0 Å². The number of halogens is 1. The molecule has 5 nitrogen and oxygen atoms in total. The summed E-state index contributed by atoms with van der Waals surface area (Å²) >= 11 is 5.93. The van der Waals surface area contributed by atoms with E-state index in [2.05, 4.69) is 4.98 Å². The first-order chi connectivity index (χ1) is 14.1. The predicted octanol–water partition coefficient (Wildman–Crippen LogP) is 4.52. The van der Waals surface area contributed by atoms with Gasteiger partial charge in [-0.15, -0.1) is 0 Å². The zero-order chi connectivity index (χ0) is 22.2. The second-order valence-electron chi connectivity index (χ2n) is 8.39. The van der Waals surface area contributed by atoms with Gasteiger partial charge in [-0.05, 0) is 68.7 Å². The Labute approximate surface area is 182 Å². The molecule has 158 valence electrons. The highest BCUT2D eigenvalue weighted by Crippen LogP contribution is 2.38. The van der Waals surface area contributed by atoms with Gasteiger partial charge in [-0.2, -0.15) is 0 Å². The third kappa shape index (κ3) is 4.31. The van der Waals surface area contributed by atoms with Gasteiger partial charge in [0.2, 0.25) is 5.91 Å². The molecule has 0 radical (unpaired) electrons. The largest absolute Gasteiger partial charge is 0.343 e. The van der Waals surface area contributed by atoms with E-state index >= 15 is 0 Å². The van der Waals surface area contributed by atoms with Crippen molar-refractivity contribution in [2.45, 2.75) is 52.5 Å². The van der Waals surface area contributed by atoms with Crippen LogP contribution in [0.3, 0.4) is 0 Å². The molecule has 1 aromatic carbocycles. The summed E-state index contributed by atoms with van der Waals surface area (Å²) in [7, 11) is 1.73. The maximum absolute atomic E-state index is 13.1. The minimum Gasteiger partial charge on any atom is -0.343 e. The van der Waals surface area contributed by atoms with Gasteiger partial charge in [0.25, 0.3) is 0 Å². The van der Waals surface area contributed by atoms with Crippen LogP contribution in [0.25, 0.3) is 11.3 Å². The van der Waals surface area contributed by atoms with Crippen molar-refractivity contribution < 1.29 is 14.4 Å². The Hall–Kier alpha value is -2.53. The minimum atomic E-state index is -0.792. The standard InChI is InChI=1S/C24H27ClN2O3/c1-13(2)27(5)21(29)11-17-10-20(28)23(24(17)30)22-14(3)8-16(9-15(22)4)19-7-6-18(25)12-26-19/h6-9,12-13,17,23H,10-11H2,1-5H3. The lowest BCUT2D eigenvalue weighted by atomic mass is 9.85. The Morgan fingerprint density at radius 1 is 1.20 bits per heavy atom. The smallest absolute Gasteiger partial charge is 0.223 e. The van der Waals surface area contributed by atoms with Crippen LogP contribution >= 0.6 is 11.6 Å². The molecule has 0 saturated heterocycles. The monoisotopic (exact) mass is 426 g/mol. The average molecular weight is 427 g/mol. The number of carbonyl (C=O) groups is 3. The number of ketones is 2. The molecule has 0 N–H and O–H groups in total. The maximum atomic E-state index is 13.1. The van der Waals surface area contributed by atoms with Gasteiger partial charge in [0, 0.05) is 43.6 Å². The molecule has 2 unspecified atom stereocenters. The second kappa shape index (κ2) is 8.68. The van der Waals surface area contributed by atoms with E-state index in [4.69, 9.17) is 11.6 Å². The van der Waals surface area contributed by atoms with Crippen molar-refractivity contribution in [2.24, 2.45) is 5.92 Å². The van der Waals surface area contributed by atoms with Crippen LogP contribution in [0, 0.1) is 19.8 Å². The number of hydrogen-bond donors (Lipinski definition) is 0. The number of hydrogen-bond acceptors (Lipinski definition) is 4. The zero-order valence-electron chi connectivity index (χ0n) is 18.0. The van der Waals surface area contributed by atoms with Crippen LogP contribution in [0.15, 0.2) is 30.5 Å². The minimum absolute atomic E-state index is 0.0546. The van der Waals surface area contributed by atoms with Crippen LogP contribution in [0.2, 0.25) is 5.02 Å². The van der Waals surface area contributed by atoms with Crippen molar-refractivity contribution >= 4 is 29.1 Å². The highest BCUT2D eigenvalue weighted by atomic mass is 35.5. The number of aromatic nitrogens is 1. The summed E-state index contributed by atoms with van der Waals surface area (Å²) in [6.45, 7) is 7.67. The average Bonchev–Trinajstić information content (AvgIpc) is 2.95. The maximum Gasteiger partial charge on any atom is 0.223 e. The lowest BCUT2D eigenvalue weighted by molar-refractivity contribution is -0.135. The van der Waals surface area contributed by atoms with Crippen molar-refractivity contribution in [3.05, 3.63) is 52.2 Å². The number of aryl methyl sites for hydroxylation is 2. The number of amides is 1. The molecule has 0 aliphatic heterocycles. The fourth-order valence-electron chi connectivity index (χ4n) is 4.10. The number of Topliss-reactive ketones (excluding diaryl/α,β-unsaturated/α-hetero) is 2. The number of nitrogens with zero attached hydrogens (tertiary/aromatic N) is 2. The van der Waals surface area contributed by atoms with Crippen LogP contribution < -0.4 is 0 Å². The van der Waals surface area contributed by atoms with E-state index in [1.54, 1.807) is 24.2 Å². The molecular weight excluding hydrogens is 400 g/mol. The molecule has 0 bridgehead atoms. The van der Waals surface area contributed by atoms with Crippen molar-refractivity contribution in [1.82, 2.24) is 9.88 Å². The molecule has 6 heteroatoms. The molecule has 2 atom stereocenters. The first kappa shape index (κ1) is 22.2. The molecule has 1 amide bonds. The number of rotatable bonds is 5. The molecule has 3 rings (SSSR count). The van der Waals surface area contributed by atoms with Crippen LogP contribution in [0.1, 0.15) is 49.3 Å². The number of pyridine rings is 1. The van der Waals surface area contributed by atoms with Gasteiger partial charge in [-0.1, -0.05) is 11.6 Å². The van der Waals surface area contributed by atoms with Gasteiger partial charge in [-0.3, -0.25) is 19.4 Å². The summed E-state index contributed by atoms with van der Waals surface area (Å²) in [6, 6.07) is 7.57. The van der Waals surface area contributed by atoms with Crippen molar-refractivity contribution in [3.8, 4) is 11.3 Å². The first-order valence-corrected chi connectivity index (χ1v) is 10.5. The van der Waals surface area contributed by atoms with E-state index in [9.17, 15) is 14.4 Å². The first-order valence-electron chi connectivity index (χ1n) is 10.1. The summed E-state index contributed by atoms with van der Waals surface area (Å²) < 4.78 is 0. The Kier molecular flexibility index (Phi) is 6.41. The van der Waals surface area contributed by atoms with Crippen molar-refractivity contribution in [2.75, 3.05) is 7.05 Å². The lowest BCUT2D eigenvalue weighted by Gasteiger charge is -2.22. The van der Waals surface area contributed by atoms with Gasteiger partial charge in [0.05, 0.1) is 10.7 Å². The Morgan fingerprint density at radius 3 is 2.37 bits per heavy atom. The molecule has 1 heterocycles. The van der Waals surface area contributed by atoms with Crippen LogP contribution in [-0.4, -0.2) is 40.4 Å². The van der Waals surface area contributed by atoms with E-state index in [1.807, 2.05) is 45.9 Å². The third-order valence-electron chi connectivity index (χ3n) is 5.95. The Morgan fingerprint density at radius 2 is 1.83 bits per heavy atom. The van der Waals surface area contributed by atoms with Gasteiger partial charge in [0.15, 0.2) is 5.78 Å². The van der Waals surface area contributed by atoms with Gasteiger partial charge in [-0.25, -0.2) is 0 Å². The molecule has 2 aromatic rings. The molecule has 30 heavy (non-hydrogen) atoms. The second-order valence-corrected chi connectivity index (χ2v) is 8.83. The van der Waals surface area contributed by atoms with Gasteiger partial charge in [0.1, 0.15) is 11.7 Å². The van der Waals surface area contributed by atoms with E-state index in [-0.39, 0.29) is 36.4 Å². The zero-order valence-corrected chi connectivity index (χ0v) is 18.8. The van der Waals surface area contributed by atoms with Gasteiger partial charge < -0.3 is 4.90 Å². The molecule has 1 fully saturated rings. The number of carbonyl (C=O) groups excluding carboxylic acids is 3. The quantitative estimate of drug-likeness (QED) is 0.659. The Balaban J connectivity index is 1.88. The summed E-state index contributed by atoms with van der Waals surface area (Å²) in [6.07, 6.45) is 1.80. The molecule has 0 spiro atoms. The van der Waals surface area contributed by atoms with Crippen molar-refractivity contribution in [1.29, 1.82) is 0 Å². The highest BCUT2D eigenvalue weighted by molar-refractivity contribution is 6.30. The molecule has 1 aliphatic rings. The summed E-state index contributed by atoms with van der Waals surface area (Å²) in [5.74, 6) is -1.69. The van der Waals surface area contributed by atoms with E-state index in [1.165, 1.54) is 0 Å². The SMILES string of the molecule is Cc1cc(-c2ccc(Cl)cn2)cc(C)c1C1C(=O)CC(CC(=O)N(C)C(C)C)C1=O. The van der Waals surface area contributed by atoms with E-state index in [0.717, 1.165) is 27.9 Å². The van der Waals surface area contributed by atoms with Crippen LogP contribution in [-0.2, 0) is 14.4 Å². The molecule has 1 aliphatic carbocycles. The topological polar surface area (TPSA) is 67.3 Å². The molecular formula is C24H27ClN2O3. The molecule has 1 saturated carbocycles. The summed E-state index contributed by atoms with van der Waals surface area (Å²) in [5.41, 5.74) is 4.20. The predicted molar refractivity (Wildman–Crippen MR) is 118 cm³/mol. The normalized spacial score (nSPS) is 18.9. The number of benzene rings is 1. The van der Waals surface area contributed by atoms with E-state index < -0.39 is 11.8 Å².